The van der Waals surface area contributed by atoms with Gasteiger partial charge in [0.2, 0.25) is 5.56 Å². The molecule has 1 fully saturated rings. The van der Waals surface area contributed by atoms with Crippen molar-refractivity contribution in [1.29, 1.82) is 0 Å². The highest BCUT2D eigenvalue weighted by Gasteiger charge is 2.28. The van der Waals surface area contributed by atoms with E-state index in [9.17, 15) is 4.79 Å². The maximum atomic E-state index is 11.8. The van der Waals surface area contributed by atoms with Gasteiger partial charge in [-0.15, -0.1) is 0 Å². The average Bonchev–Trinajstić information content (AvgIpc) is 2.91. The number of hydrogen-bond donors (Lipinski definition) is 2. The first-order valence-corrected chi connectivity index (χ1v) is 12.1. The van der Waals surface area contributed by atoms with Gasteiger partial charge in [0.05, 0.1) is 24.5 Å². The molecule has 1 atom stereocenters. The van der Waals surface area contributed by atoms with Gasteiger partial charge >= 0.3 is 0 Å². The van der Waals surface area contributed by atoms with E-state index >= 15 is 0 Å². The van der Waals surface area contributed by atoms with Crippen molar-refractivity contribution in [2.24, 2.45) is 0 Å². The number of morpholine rings is 1. The molecule has 4 aromatic rings. The minimum absolute atomic E-state index is 0.103. The molecule has 36 heavy (non-hydrogen) atoms. The molecule has 1 saturated heterocycles. The number of ether oxygens (including phenoxy) is 2. The summed E-state index contributed by atoms with van der Waals surface area (Å²) < 4.78 is 12.6. The Balaban J connectivity index is 1.21. The summed E-state index contributed by atoms with van der Waals surface area (Å²) in [6.07, 6.45) is 5.74. The van der Waals surface area contributed by atoms with Crippen LogP contribution in [0.2, 0.25) is 0 Å². The van der Waals surface area contributed by atoms with Gasteiger partial charge in [0, 0.05) is 66.7 Å². The summed E-state index contributed by atoms with van der Waals surface area (Å²) in [4.78, 5) is 25.4. The highest BCUT2D eigenvalue weighted by atomic mass is 16.5. The average molecular weight is 482 g/mol. The number of aromatic amines is 1. The molecule has 0 bridgehead atoms. The topological polar surface area (TPSA) is 92.4 Å². The Bertz CT molecular complexity index is 1470. The van der Waals surface area contributed by atoms with Crippen molar-refractivity contribution >= 4 is 11.4 Å². The van der Waals surface area contributed by atoms with Crippen LogP contribution in [0.4, 0.5) is 11.4 Å². The number of pyridine rings is 1. The van der Waals surface area contributed by atoms with Crippen molar-refractivity contribution < 1.29 is 9.47 Å². The molecule has 0 amide bonds. The number of hydrogen-bond acceptors (Lipinski definition) is 7. The molecule has 0 aliphatic carbocycles. The van der Waals surface area contributed by atoms with Gasteiger partial charge in [0.15, 0.2) is 0 Å². The van der Waals surface area contributed by atoms with Crippen LogP contribution < -0.4 is 20.5 Å². The molecule has 2 aromatic heterocycles. The third-order valence-corrected chi connectivity index (χ3v) is 6.76. The van der Waals surface area contributed by atoms with Gasteiger partial charge in [-0.3, -0.25) is 14.8 Å². The van der Waals surface area contributed by atoms with Crippen LogP contribution in [0, 0.1) is 6.92 Å². The van der Waals surface area contributed by atoms with E-state index in [1.54, 1.807) is 24.7 Å². The van der Waals surface area contributed by atoms with E-state index in [1.807, 2.05) is 25.1 Å². The quantitative estimate of drug-likeness (QED) is 0.385. The van der Waals surface area contributed by atoms with Crippen molar-refractivity contribution in [3.63, 3.8) is 0 Å². The van der Waals surface area contributed by atoms with E-state index in [0.29, 0.717) is 19.7 Å². The largest absolute Gasteiger partial charge is 0.456 e. The van der Waals surface area contributed by atoms with Crippen LogP contribution in [0.3, 0.4) is 0 Å². The predicted molar refractivity (Wildman–Crippen MR) is 138 cm³/mol. The van der Waals surface area contributed by atoms with Crippen molar-refractivity contribution in [2.75, 3.05) is 29.9 Å². The molecule has 0 spiro atoms. The summed E-state index contributed by atoms with van der Waals surface area (Å²) in [5.41, 5.74) is 6.99. The third kappa shape index (κ3) is 4.43. The monoisotopic (exact) mass is 481 g/mol. The van der Waals surface area contributed by atoms with Crippen LogP contribution in [-0.2, 0) is 17.7 Å². The third-order valence-electron chi connectivity index (χ3n) is 6.76. The number of anilines is 2. The number of benzene rings is 2. The molecule has 1 unspecified atom stereocenters. The van der Waals surface area contributed by atoms with E-state index in [0.717, 1.165) is 63.9 Å². The number of aryl methyl sites for hydroxylation is 1. The lowest BCUT2D eigenvalue weighted by atomic mass is 9.95. The molecule has 0 saturated carbocycles. The second-order valence-corrected chi connectivity index (χ2v) is 9.10. The van der Waals surface area contributed by atoms with E-state index in [1.165, 1.54) is 0 Å². The molecule has 2 aliphatic heterocycles. The number of nitrogens with zero attached hydrogens (tertiary/aromatic N) is 3. The van der Waals surface area contributed by atoms with Crippen LogP contribution in [0.25, 0.3) is 0 Å². The fourth-order valence-electron chi connectivity index (χ4n) is 4.86. The first-order chi connectivity index (χ1) is 17.6. The van der Waals surface area contributed by atoms with Gasteiger partial charge in [-0.25, -0.2) is 0 Å². The standard InChI is InChI=1S/C28H27N5O3/c1-18-24(30-10-9-29-18)16-32-21-5-6-25-20(14-21)13-19-3-2-4-23(28(19)36-25)26-17-33(11-12-35-26)22-7-8-31-27(34)15-22/h2-10,14-15,26,32H,11-13,16-17H2,1H3,(H,31,34). The Kier molecular flexibility index (Phi) is 5.87. The Morgan fingerprint density at radius 1 is 1.11 bits per heavy atom. The van der Waals surface area contributed by atoms with Crippen LogP contribution in [0.15, 0.2) is 71.9 Å². The van der Waals surface area contributed by atoms with Gasteiger partial charge in [-0.05, 0) is 36.8 Å². The predicted octanol–water partition coefficient (Wildman–Crippen LogP) is 4.36. The maximum Gasteiger partial charge on any atom is 0.249 e. The zero-order valence-electron chi connectivity index (χ0n) is 20.0. The van der Waals surface area contributed by atoms with E-state index in [4.69, 9.17) is 9.47 Å². The van der Waals surface area contributed by atoms with Gasteiger partial charge in [-0.1, -0.05) is 18.2 Å². The number of fused-ring (bicyclic) bond motifs is 2. The van der Waals surface area contributed by atoms with Crippen molar-refractivity contribution in [3.8, 4) is 11.5 Å². The first kappa shape index (κ1) is 22.3. The second-order valence-electron chi connectivity index (χ2n) is 9.10. The molecular weight excluding hydrogens is 454 g/mol. The summed E-state index contributed by atoms with van der Waals surface area (Å²) >= 11 is 0. The molecule has 8 nitrogen and oxygen atoms in total. The molecule has 2 aliphatic rings. The second kappa shape index (κ2) is 9.47. The summed E-state index contributed by atoms with van der Waals surface area (Å²) in [5.74, 6) is 1.73. The lowest BCUT2D eigenvalue weighted by Crippen LogP contribution is -2.39. The van der Waals surface area contributed by atoms with Gasteiger partial charge in [0.1, 0.15) is 17.6 Å². The molecule has 4 heterocycles. The van der Waals surface area contributed by atoms with Gasteiger partial charge in [0.25, 0.3) is 0 Å². The smallest absolute Gasteiger partial charge is 0.249 e. The molecule has 6 rings (SSSR count). The lowest BCUT2D eigenvalue weighted by Gasteiger charge is -2.36. The number of H-pyrrole nitrogens is 1. The van der Waals surface area contributed by atoms with Gasteiger partial charge < -0.3 is 24.7 Å². The Labute approximate surface area is 209 Å². The molecule has 0 radical (unpaired) electrons. The Morgan fingerprint density at radius 2 is 2.03 bits per heavy atom. The molecule has 8 heteroatoms. The zero-order valence-corrected chi connectivity index (χ0v) is 20.0. The van der Waals surface area contributed by atoms with E-state index < -0.39 is 0 Å². The van der Waals surface area contributed by atoms with Crippen LogP contribution >= 0.6 is 0 Å². The van der Waals surface area contributed by atoms with Crippen molar-refractivity contribution in [1.82, 2.24) is 15.0 Å². The Hall–Kier alpha value is -4.17. The van der Waals surface area contributed by atoms with Crippen molar-refractivity contribution in [3.05, 3.63) is 106 Å². The van der Waals surface area contributed by atoms with Crippen LogP contribution in [0.1, 0.15) is 34.2 Å². The first-order valence-electron chi connectivity index (χ1n) is 12.1. The summed E-state index contributed by atoms with van der Waals surface area (Å²) in [5, 5.41) is 3.46. The highest BCUT2D eigenvalue weighted by Crippen LogP contribution is 2.43. The normalized spacial score (nSPS) is 16.6. The molecule has 2 N–H and O–H groups in total. The summed E-state index contributed by atoms with van der Waals surface area (Å²) in [6, 6.07) is 16.0. The SMILES string of the molecule is Cc1nccnc1CNc1ccc2c(c1)Cc1cccc(C3CN(c4cc[nH]c(=O)c4)CCO3)c1O2. The fraction of sp³-hybridized carbons (Fsp3) is 0.250. The fourth-order valence-corrected chi connectivity index (χ4v) is 4.86. The number of aromatic nitrogens is 3. The minimum atomic E-state index is -0.148. The number of rotatable bonds is 5. The highest BCUT2D eigenvalue weighted by molar-refractivity contribution is 5.59. The van der Waals surface area contributed by atoms with Crippen LogP contribution in [0.5, 0.6) is 11.5 Å². The number of para-hydroxylation sites is 1. The lowest BCUT2D eigenvalue weighted by molar-refractivity contribution is 0.0384. The summed E-state index contributed by atoms with van der Waals surface area (Å²) in [6.45, 7) is 4.55. The minimum Gasteiger partial charge on any atom is -0.456 e. The van der Waals surface area contributed by atoms with Gasteiger partial charge in [-0.2, -0.15) is 0 Å². The van der Waals surface area contributed by atoms with Crippen molar-refractivity contribution in [2.45, 2.75) is 26.0 Å². The zero-order chi connectivity index (χ0) is 24.5. The molecule has 182 valence electrons. The van der Waals surface area contributed by atoms with Crippen LogP contribution in [-0.4, -0.2) is 34.6 Å². The van der Waals surface area contributed by atoms with E-state index in [2.05, 4.69) is 49.4 Å². The summed E-state index contributed by atoms with van der Waals surface area (Å²) in [7, 11) is 0. The number of nitrogens with one attached hydrogen (secondary N) is 2. The molecule has 2 aromatic carbocycles. The van der Waals surface area contributed by atoms with E-state index in [-0.39, 0.29) is 11.7 Å². The Morgan fingerprint density at radius 3 is 2.92 bits per heavy atom. The maximum absolute atomic E-state index is 11.8. The molecular formula is C28H27N5O3.